The van der Waals surface area contributed by atoms with Crippen LogP contribution >= 0.6 is 0 Å². The van der Waals surface area contributed by atoms with Crippen molar-refractivity contribution in [2.45, 2.75) is 0 Å². The van der Waals surface area contributed by atoms with Gasteiger partial charge in [-0.05, 0) is 48.5 Å². The van der Waals surface area contributed by atoms with Gasteiger partial charge in [0.1, 0.15) is 37.3 Å². The normalized spacial score (nSPS) is 11.1. The van der Waals surface area contributed by atoms with Crippen molar-refractivity contribution in [1.29, 1.82) is 0 Å². The topological polar surface area (TPSA) is 136 Å². The van der Waals surface area contributed by atoms with Crippen LogP contribution < -0.4 is 9.47 Å². The molecule has 0 aliphatic rings. The Morgan fingerprint density at radius 2 is 0.489 bits per heavy atom. The van der Waals surface area contributed by atoms with Gasteiger partial charge in [-0.1, -0.05) is 0 Å². The summed E-state index contributed by atoms with van der Waals surface area (Å²) in [6, 6.07) is 13.8. The predicted octanol–water partition coefficient (Wildman–Crippen LogP) is 2.92. The number of hydrogen-bond acceptors (Lipinski definition) is 13. The van der Waals surface area contributed by atoms with E-state index in [-0.39, 0.29) is 0 Å². The molecule has 13 heteroatoms. The van der Waals surface area contributed by atoms with Crippen LogP contribution in [0.2, 0.25) is 0 Å². The maximum atomic E-state index is 10.6. The molecule has 0 unspecified atom stereocenters. The van der Waals surface area contributed by atoms with E-state index in [0.29, 0.717) is 155 Å². The van der Waals surface area contributed by atoms with Gasteiger partial charge in [-0.25, -0.2) is 0 Å². The molecule has 0 amide bonds. The van der Waals surface area contributed by atoms with Crippen molar-refractivity contribution in [2.75, 3.05) is 132 Å². The average Bonchev–Trinajstić information content (AvgIpc) is 3.11. The van der Waals surface area contributed by atoms with Crippen molar-refractivity contribution in [3.63, 3.8) is 0 Å². The highest BCUT2D eigenvalue weighted by molar-refractivity contribution is 5.75. The van der Waals surface area contributed by atoms with E-state index >= 15 is 0 Å². The van der Waals surface area contributed by atoms with Gasteiger partial charge in [0.2, 0.25) is 0 Å². The summed E-state index contributed by atoms with van der Waals surface area (Å²) in [5.74, 6) is 1.40. The summed E-state index contributed by atoms with van der Waals surface area (Å²) >= 11 is 0. The summed E-state index contributed by atoms with van der Waals surface area (Å²) < 4.78 is 60.3. The molecule has 0 atom stereocenters. The van der Waals surface area contributed by atoms with Gasteiger partial charge in [-0.15, -0.1) is 0 Å². The minimum atomic E-state index is 0.427. The monoisotopic (exact) mass is 666 g/mol. The summed E-state index contributed by atoms with van der Waals surface area (Å²) in [7, 11) is 0. The predicted molar refractivity (Wildman–Crippen MR) is 172 cm³/mol. The van der Waals surface area contributed by atoms with Gasteiger partial charge in [0.15, 0.2) is 0 Å². The minimum Gasteiger partial charge on any atom is -0.491 e. The molecule has 0 aliphatic heterocycles. The molecule has 2 aromatic carbocycles. The van der Waals surface area contributed by atoms with Crippen LogP contribution in [-0.2, 0) is 42.6 Å². The fraction of sp³-hybridized carbons (Fsp3) is 0.588. The first-order valence-corrected chi connectivity index (χ1v) is 15.9. The first-order valence-electron chi connectivity index (χ1n) is 15.9. The number of carbonyl (C=O) groups is 2. The van der Waals surface area contributed by atoms with Crippen LogP contribution in [0, 0.1) is 0 Å². The lowest BCUT2D eigenvalue weighted by molar-refractivity contribution is -0.0257. The molecule has 264 valence electrons. The molecular formula is C34H50O13. The lowest BCUT2D eigenvalue weighted by atomic mass is 10.2. The van der Waals surface area contributed by atoms with Gasteiger partial charge < -0.3 is 52.1 Å². The molecule has 0 saturated heterocycles. The van der Waals surface area contributed by atoms with Crippen molar-refractivity contribution in [3.05, 3.63) is 59.7 Å². The summed E-state index contributed by atoms with van der Waals surface area (Å²) in [4.78, 5) is 21.3. The third kappa shape index (κ3) is 23.9. The van der Waals surface area contributed by atoms with Crippen LogP contribution in [0.25, 0.3) is 0 Å². The fourth-order valence-electron chi connectivity index (χ4n) is 3.58. The maximum absolute atomic E-state index is 10.6. The zero-order chi connectivity index (χ0) is 33.3. The quantitative estimate of drug-likeness (QED) is 0.0801. The number of benzene rings is 2. The van der Waals surface area contributed by atoms with E-state index in [1.807, 2.05) is 0 Å². The number of carbonyl (C=O) groups excluding carboxylic acids is 2. The Morgan fingerprint density at radius 3 is 0.681 bits per heavy atom. The van der Waals surface area contributed by atoms with Crippen LogP contribution in [0.15, 0.2) is 48.5 Å². The summed E-state index contributed by atoms with van der Waals surface area (Å²) in [6.07, 6.45) is 1.59. The maximum Gasteiger partial charge on any atom is 0.150 e. The zero-order valence-corrected chi connectivity index (χ0v) is 27.2. The molecule has 2 rings (SSSR count). The van der Waals surface area contributed by atoms with Gasteiger partial charge in [0.25, 0.3) is 0 Å². The van der Waals surface area contributed by atoms with E-state index < -0.39 is 0 Å². The van der Waals surface area contributed by atoms with E-state index in [4.69, 9.17) is 52.1 Å². The Balaban J connectivity index is 1.16. The second kappa shape index (κ2) is 30.4. The molecular weight excluding hydrogens is 616 g/mol. The van der Waals surface area contributed by atoms with E-state index in [2.05, 4.69) is 0 Å². The van der Waals surface area contributed by atoms with Crippen LogP contribution in [0.4, 0.5) is 0 Å². The second-order valence-electron chi connectivity index (χ2n) is 9.58. The summed E-state index contributed by atoms with van der Waals surface area (Å²) in [6.45, 7) is 9.55. The van der Waals surface area contributed by atoms with Crippen molar-refractivity contribution in [2.24, 2.45) is 0 Å². The van der Waals surface area contributed by atoms with Crippen LogP contribution in [0.3, 0.4) is 0 Å². The molecule has 2 aromatic rings. The number of rotatable bonds is 34. The molecule has 47 heavy (non-hydrogen) atoms. The summed E-state index contributed by atoms with van der Waals surface area (Å²) in [5, 5.41) is 0. The highest BCUT2D eigenvalue weighted by Crippen LogP contribution is 2.11. The Bertz CT molecular complexity index is 909. The molecule has 0 aromatic heterocycles. The molecule has 0 radical (unpaired) electrons. The van der Waals surface area contributed by atoms with Crippen LogP contribution in [0.1, 0.15) is 20.7 Å². The van der Waals surface area contributed by atoms with Crippen molar-refractivity contribution < 1.29 is 61.7 Å². The molecule has 0 N–H and O–H groups in total. The van der Waals surface area contributed by atoms with Gasteiger partial charge in [0, 0.05) is 11.1 Å². The Morgan fingerprint density at radius 1 is 0.298 bits per heavy atom. The third-order valence-corrected chi connectivity index (χ3v) is 6.00. The molecule has 0 saturated carbocycles. The smallest absolute Gasteiger partial charge is 0.150 e. The standard InChI is InChI=1S/C34H50O13/c35-29-31-1-5-33(6-2-31)46-27-25-44-23-21-42-19-17-40-15-13-38-11-9-37-10-12-39-14-16-41-18-20-43-22-24-45-26-28-47-34-7-3-32(30-36)4-8-34/h1-8,29-30H,9-28H2. The van der Waals surface area contributed by atoms with Crippen molar-refractivity contribution in [1.82, 2.24) is 0 Å². The molecule has 0 aliphatic carbocycles. The van der Waals surface area contributed by atoms with Crippen molar-refractivity contribution >= 4 is 12.6 Å². The molecule has 0 fully saturated rings. The van der Waals surface area contributed by atoms with E-state index in [1.165, 1.54) is 0 Å². The van der Waals surface area contributed by atoms with E-state index in [1.54, 1.807) is 48.5 Å². The molecule has 13 nitrogen and oxygen atoms in total. The first kappa shape index (κ1) is 40.2. The first-order chi connectivity index (χ1) is 23.3. The highest BCUT2D eigenvalue weighted by atomic mass is 16.6. The van der Waals surface area contributed by atoms with Gasteiger partial charge in [-0.2, -0.15) is 0 Å². The number of aldehydes is 2. The number of ether oxygens (including phenoxy) is 11. The SMILES string of the molecule is O=Cc1ccc(OCCOCCOCCOCCOCCOCCOCCOCCOCCOCCOc2ccc(C=O)cc2)cc1. The van der Waals surface area contributed by atoms with Crippen LogP contribution in [-0.4, -0.2) is 145 Å². The minimum absolute atomic E-state index is 0.427. The summed E-state index contributed by atoms with van der Waals surface area (Å²) in [5.41, 5.74) is 1.23. The Labute approximate surface area is 277 Å². The van der Waals surface area contributed by atoms with E-state index in [0.717, 1.165) is 12.6 Å². The zero-order valence-electron chi connectivity index (χ0n) is 27.2. The Hall–Kier alpha value is -2.98. The van der Waals surface area contributed by atoms with Crippen molar-refractivity contribution in [3.8, 4) is 11.5 Å². The van der Waals surface area contributed by atoms with Gasteiger partial charge >= 0.3 is 0 Å². The van der Waals surface area contributed by atoms with Crippen LogP contribution in [0.5, 0.6) is 11.5 Å². The largest absolute Gasteiger partial charge is 0.491 e. The van der Waals surface area contributed by atoms with Gasteiger partial charge in [-0.3, -0.25) is 9.59 Å². The Kier molecular flexibility index (Phi) is 26.0. The van der Waals surface area contributed by atoms with Gasteiger partial charge in [0.05, 0.1) is 119 Å². The van der Waals surface area contributed by atoms with E-state index in [9.17, 15) is 9.59 Å². The second-order valence-corrected chi connectivity index (χ2v) is 9.58. The molecule has 0 heterocycles. The average molecular weight is 667 g/mol. The third-order valence-electron chi connectivity index (χ3n) is 6.00. The molecule has 0 bridgehead atoms. The highest BCUT2D eigenvalue weighted by Gasteiger charge is 1.98. The fourth-order valence-corrected chi connectivity index (χ4v) is 3.58. The number of hydrogen-bond donors (Lipinski definition) is 0. The lowest BCUT2D eigenvalue weighted by Crippen LogP contribution is -2.15. The molecule has 0 spiro atoms. The lowest BCUT2D eigenvalue weighted by Gasteiger charge is -2.09.